The van der Waals surface area contributed by atoms with Crippen LogP contribution in [0.2, 0.25) is 0 Å². The highest BCUT2D eigenvalue weighted by Gasteiger charge is 2.38. The third-order valence-electron chi connectivity index (χ3n) is 4.63. The van der Waals surface area contributed by atoms with Gasteiger partial charge in [0.25, 0.3) is 0 Å². The summed E-state index contributed by atoms with van der Waals surface area (Å²) in [4.78, 5) is 9.02. The topological polar surface area (TPSA) is 40.9 Å². The van der Waals surface area contributed by atoms with Gasteiger partial charge in [-0.2, -0.15) is 4.74 Å². The van der Waals surface area contributed by atoms with Crippen LogP contribution in [-0.4, -0.2) is 111 Å². The monoisotopic (exact) mass is 329 g/mol. The van der Waals surface area contributed by atoms with Crippen LogP contribution in [-0.2, 0) is 0 Å². The molecule has 3 aliphatic heterocycles. The quantitative estimate of drug-likeness (QED) is 0.377. The molecule has 0 aromatic carbocycles. The van der Waals surface area contributed by atoms with Gasteiger partial charge in [0.2, 0.25) is 5.96 Å². The maximum Gasteiger partial charge on any atom is 0.221 e. The van der Waals surface area contributed by atoms with Gasteiger partial charge < -0.3 is 9.80 Å². The normalized spacial score (nSPS) is 33.0. The van der Waals surface area contributed by atoms with E-state index in [0.717, 1.165) is 38.7 Å². The van der Waals surface area contributed by atoms with Gasteiger partial charge in [0.05, 0.1) is 0 Å². The third-order valence-corrected chi connectivity index (χ3v) is 8.43. The fraction of sp³-hybridized carbons (Fsp3) is 0.929. The van der Waals surface area contributed by atoms with Gasteiger partial charge in [-0.15, -0.1) is 0 Å². The lowest BCUT2D eigenvalue weighted by Crippen LogP contribution is -2.44. The highest BCUT2D eigenvalue weighted by atomic mass is 31.2. The predicted octanol–water partition coefficient (Wildman–Crippen LogP) is 0.995. The molecule has 2 bridgehead atoms. The van der Waals surface area contributed by atoms with E-state index in [-0.39, 0.29) is 0 Å². The van der Waals surface area contributed by atoms with Gasteiger partial charge in [0.15, 0.2) is 7.51 Å². The number of hydrogen-bond donors (Lipinski definition) is 0. The van der Waals surface area contributed by atoms with Crippen LogP contribution in [0.5, 0.6) is 0 Å². The minimum Gasteiger partial charge on any atom is -0.347 e. The van der Waals surface area contributed by atoms with Gasteiger partial charge >= 0.3 is 0 Å². The first-order valence-electron chi connectivity index (χ1n) is 8.05. The molecule has 0 unspecified atom stereocenters. The lowest BCUT2D eigenvalue weighted by molar-refractivity contribution is 0.232. The number of hydrogen-bond acceptors (Lipinski definition) is 2. The maximum atomic E-state index is 5.23. The summed E-state index contributed by atoms with van der Waals surface area (Å²) in [6.45, 7) is 6.64. The van der Waals surface area contributed by atoms with Crippen LogP contribution in [0, 0.1) is 0 Å². The second-order valence-corrected chi connectivity index (χ2v) is 9.72. The summed E-state index contributed by atoms with van der Waals surface area (Å²) < 4.78 is 12.7. The van der Waals surface area contributed by atoms with Crippen LogP contribution in [0.3, 0.4) is 0 Å². The van der Waals surface area contributed by atoms with Crippen molar-refractivity contribution in [3.8, 4) is 0 Å². The summed E-state index contributed by atoms with van der Waals surface area (Å²) in [6, 6.07) is 0. The van der Waals surface area contributed by atoms with Gasteiger partial charge in [-0.25, -0.2) is 14.0 Å². The number of aliphatic imine (C=N–C) groups is 1. The molecule has 0 aromatic rings. The van der Waals surface area contributed by atoms with Crippen molar-refractivity contribution < 1.29 is 0 Å². The number of rotatable bonds is 0. The van der Waals surface area contributed by atoms with Gasteiger partial charge in [-0.05, 0) is 34.1 Å². The van der Waals surface area contributed by atoms with Gasteiger partial charge in [-0.1, -0.05) is 0 Å². The van der Waals surface area contributed by atoms with Crippen molar-refractivity contribution >= 4 is 13.5 Å². The second kappa shape index (κ2) is 7.41. The van der Waals surface area contributed by atoms with Gasteiger partial charge in [-0.3, -0.25) is 4.99 Å². The van der Waals surface area contributed by atoms with Crippen LogP contribution in [0.15, 0.2) is 9.74 Å². The fourth-order valence-electron chi connectivity index (χ4n) is 3.30. The Balaban J connectivity index is 2.57. The fourth-order valence-corrected chi connectivity index (χ4v) is 6.95. The highest BCUT2D eigenvalue weighted by Crippen LogP contribution is 2.58. The van der Waals surface area contributed by atoms with E-state index in [4.69, 9.17) is 4.74 Å². The van der Waals surface area contributed by atoms with Crippen molar-refractivity contribution in [3.63, 3.8) is 0 Å². The summed E-state index contributed by atoms with van der Waals surface area (Å²) in [5.41, 5.74) is 0. The summed E-state index contributed by atoms with van der Waals surface area (Å²) in [5, 5.41) is 0. The van der Waals surface area contributed by atoms with Crippen molar-refractivity contribution in [2.75, 3.05) is 81.6 Å². The number of guanidine groups is 1. The van der Waals surface area contributed by atoms with Crippen LogP contribution < -0.4 is 0 Å². The van der Waals surface area contributed by atoms with E-state index in [1.807, 2.05) is 26.0 Å². The number of nitrogens with zero attached hydrogens (tertiary/aromatic N) is 7. The smallest absolute Gasteiger partial charge is 0.221 e. The van der Waals surface area contributed by atoms with Crippen molar-refractivity contribution in [2.24, 2.45) is 9.74 Å². The summed E-state index contributed by atoms with van der Waals surface area (Å²) >= 11 is 0. The zero-order valence-corrected chi connectivity index (χ0v) is 15.9. The molecule has 3 rings (SSSR count). The van der Waals surface area contributed by atoms with Crippen LogP contribution >= 0.6 is 7.51 Å². The summed E-state index contributed by atoms with van der Waals surface area (Å²) in [5.74, 6) is 0.829. The molecule has 22 heavy (non-hydrogen) atoms. The molecule has 0 radical (unpaired) electrons. The molecule has 0 amide bonds. The Bertz CT molecular complexity index is 433. The van der Waals surface area contributed by atoms with Crippen molar-refractivity contribution in [3.05, 3.63) is 0 Å². The molecule has 3 heterocycles. The average Bonchev–Trinajstić information content (AvgIpc) is 2.56. The molecule has 0 atom stereocenters. The van der Waals surface area contributed by atoms with E-state index >= 15 is 0 Å². The molecule has 128 valence electrons. The minimum absolute atomic E-state index is 0.829. The van der Waals surface area contributed by atoms with Crippen LogP contribution in [0.4, 0.5) is 0 Å². The van der Waals surface area contributed by atoms with Gasteiger partial charge in [0.1, 0.15) is 0 Å². The Labute approximate surface area is 135 Å². The summed E-state index contributed by atoms with van der Waals surface area (Å²) in [7, 11) is 10.6. The average molecular weight is 329 g/mol. The molecular weight excluding hydrogens is 297 g/mol. The van der Waals surface area contributed by atoms with Crippen molar-refractivity contribution in [1.29, 1.82) is 0 Å². The lowest BCUT2D eigenvalue weighted by Gasteiger charge is -2.46. The Morgan fingerprint density at radius 3 is 1.91 bits per heavy atom. The van der Waals surface area contributed by atoms with E-state index in [1.54, 1.807) is 0 Å². The Kier molecular flexibility index (Phi) is 6.02. The number of likely N-dealkylation sites (N-methyl/N-ethyl adjacent to an activating group) is 2. The van der Waals surface area contributed by atoms with Crippen molar-refractivity contribution in [2.45, 2.75) is 6.42 Å². The molecule has 3 fully saturated rings. The van der Waals surface area contributed by atoms with E-state index in [1.165, 1.54) is 13.0 Å². The zero-order chi connectivity index (χ0) is 16.3. The lowest BCUT2D eigenvalue weighted by atomic mass is 10.3. The number of fused-ring (bicyclic) bond motifs is 7. The van der Waals surface area contributed by atoms with Crippen LogP contribution in [0.25, 0.3) is 0 Å². The van der Waals surface area contributed by atoms with E-state index < -0.39 is 7.51 Å². The minimum atomic E-state index is -1.93. The SMILES string of the molecule is CN=C(N=P12N(C)CCCN(CCN1C)CCN2C)N(C)C. The summed E-state index contributed by atoms with van der Waals surface area (Å²) in [6.07, 6.45) is 1.20. The van der Waals surface area contributed by atoms with E-state index in [2.05, 4.69) is 45.0 Å². The highest BCUT2D eigenvalue weighted by molar-refractivity contribution is 7.59. The Morgan fingerprint density at radius 1 is 0.864 bits per heavy atom. The standard InChI is InChI=1S/C14H32N7P/c1-15-14(17(2)3)16-22-18(4)8-7-9-21(12-10-19(22)5)13-11-20(22)6/h7-13H2,1-6H3. The molecule has 0 aromatic heterocycles. The molecule has 0 spiro atoms. The molecule has 3 saturated heterocycles. The molecule has 0 saturated carbocycles. The Morgan fingerprint density at radius 2 is 1.41 bits per heavy atom. The second-order valence-electron chi connectivity index (χ2n) is 6.39. The predicted molar refractivity (Wildman–Crippen MR) is 95.3 cm³/mol. The Hall–Kier alpha value is -0.460. The molecule has 3 aliphatic rings. The molecule has 8 heteroatoms. The van der Waals surface area contributed by atoms with Crippen LogP contribution in [0.1, 0.15) is 6.42 Å². The first-order valence-corrected chi connectivity index (χ1v) is 9.65. The van der Waals surface area contributed by atoms with Crippen molar-refractivity contribution in [1.82, 2.24) is 23.8 Å². The van der Waals surface area contributed by atoms with E-state index in [0.29, 0.717) is 0 Å². The maximum absolute atomic E-state index is 5.23. The first-order chi connectivity index (χ1) is 10.4. The van der Waals surface area contributed by atoms with Gasteiger partial charge in [0, 0.05) is 53.9 Å². The first kappa shape index (κ1) is 17.9. The largest absolute Gasteiger partial charge is 0.347 e. The molecule has 7 nitrogen and oxygen atoms in total. The van der Waals surface area contributed by atoms with E-state index in [9.17, 15) is 0 Å². The molecule has 0 aliphatic carbocycles. The molecular formula is C14H32N7P. The third kappa shape index (κ3) is 3.39. The molecule has 0 N–H and O–H groups in total. The zero-order valence-electron chi connectivity index (χ0n) is 15.0.